The normalized spacial score (nSPS) is 11.4. The van der Waals surface area contributed by atoms with E-state index in [1.165, 1.54) is 24.3 Å². The number of benzene rings is 2. The highest BCUT2D eigenvalue weighted by molar-refractivity contribution is 6.00. The van der Waals surface area contributed by atoms with Crippen LogP contribution in [0.2, 0.25) is 0 Å². The Morgan fingerprint density at radius 3 is 2.36 bits per heavy atom. The van der Waals surface area contributed by atoms with Gasteiger partial charge in [0, 0.05) is 17.1 Å². The molecule has 0 radical (unpaired) electrons. The Morgan fingerprint density at radius 2 is 1.69 bits per heavy atom. The third-order valence-corrected chi connectivity index (χ3v) is 5.28. The first-order valence-electron chi connectivity index (χ1n) is 11.1. The molecule has 0 atom stereocenters. The van der Waals surface area contributed by atoms with Gasteiger partial charge in [0.1, 0.15) is 29.5 Å². The number of carboxylic acid groups (broad SMARTS) is 1. The van der Waals surface area contributed by atoms with Crippen LogP contribution in [-0.2, 0) is 6.54 Å². The van der Waals surface area contributed by atoms with Crippen LogP contribution >= 0.6 is 0 Å². The number of hydrogen-bond donors (Lipinski definition) is 1. The van der Waals surface area contributed by atoms with Gasteiger partial charge in [-0.2, -0.15) is 13.2 Å². The lowest BCUT2D eigenvalue weighted by molar-refractivity contribution is -0.153. The van der Waals surface area contributed by atoms with Crippen LogP contribution in [0.4, 0.5) is 13.2 Å². The number of aromatic nitrogens is 2. The Bertz CT molecular complexity index is 1350. The van der Waals surface area contributed by atoms with Crippen molar-refractivity contribution in [2.24, 2.45) is 0 Å². The Morgan fingerprint density at radius 1 is 0.972 bits per heavy atom. The maximum atomic E-state index is 12.3. The van der Waals surface area contributed by atoms with Gasteiger partial charge in [0.15, 0.2) is 6.61 Å². The SMILES string of the molecule is CCOc1cccc(-c2nccc3c2cc(C(=O)O)n3CCOc2ccc(OCC(F)(F)F)cc2)c1. The van der Waals surface area contributed by atoms with Gasteiger partial charge in [-0.1, -0.05) is 12.1 Å². The Kier molecular flexibility index (Phi) is 7.33. The van der Waals surface area contributed by atoms with Gasteiger partial charge in [-0.05, 0) is 55.5 Å². The monoisotopic (exact) mass is 500 g/mol. The first-order chi connectivity index (χ1) is 17.2. The number of hydrogen-bond acceptors (Lipinski definition) is 5. The third kappa shape index (κ3) is 5.88. The summed E-state index contributed by atoms with van der Waals surface area (Å²) in [6.45, 7) is 1.38. The molecule has 4 aromatic rings. The summed E-state index contributed by atoms with van der Waals surface area (Å²) in [6, 6.07) is 16.5. The summed E-state index contributed by atoms with van der Waals surface area (Å²) in [6.07, 6.45) is -2.80. The standard InChI is InChI=1S/C26H23F3N2O5/c1-2-34-20-5-3-4-17(14-20)24-21-15-23(25(32)33)31(22(21)10-11-30-24)12-13-35-18-6-8-19(9-7-18)36-16-26(27,28)29/h3-11,14-15H,2,12-13,16H2,1H3,(H,32,33). The van der Waals surface area contributed by atoms with Gasteiger partial charge in [-0.15, -0.1) is 0 Å². The molecular formula is C26H23F3N2O5. The summed E-state index contributed by atoms with van der Waals surface area (Å²) < 4.78 is 54.5. The molecule has 7 nitrogen and oxygen atoms in total. The highest BCUT2D eigenvalue weighted by atomic mass is 19.4. The molecule has 2 heterocycles. The van der Waals surface area contributed by atoms with Crippen molar-refractivity contribution in [3.8, 4) is 28.5 Å². The van der Waals surface area contributed by atoms with Gasteiger partial charge in [0.2, 0.25) is 0 Å². The van der Waals surface area contributed by atoms with Crippen molar-refractivity contribution >= 4 is 16.9 Å². The number of pyridine rings is 1. The van der Waals surface area contributed by atoms with Gasteiger partial charge < -0.3 is 23.9 Å². The fourth-order valence-electron chi connectivity index (χ4n) is 3.79. The van der Waals surface area contributed by atoms with E-state index in [1.807, 2.05) is 31.2 Å². The number of rotatable bonds is 10. The average Bonchev–Trinajstić information content (AvgIpc) is 3.23. The smallest absolute Gasteiger partial charge is 0.422 e. The van der Waals surface area contributed by atoms with E-state index in [2.05, 4.69) is 9.72 Å². The maximum absolute atomic E-state index is 12.3. The lowest BCUT2D eigenvalue weighted by atomic mass is 10.1. The molecule has 0 aliphatic carbocycles. The fraction of sp³-hybridized carbons (Fsp3) is 0.231. The molecule has 1 N–H and O–H groups in total. The van der Waals surface area contributed by atoms with Crippen LogP contribution in [0, 0.1) is 0 Å². The van der Waals surface area contributed by atoms with Crippen LogP contribution in [0.1, 0.15) is 17.4 Å². The molecule has 0 saturated carbocycles. The van der Waals surface area contributed by atoms with Crippen molar-refractivity contribution < 1.29 is 37.3 Å². The van der Waals surface area contributed by atoms with Crippen LogP contribution in [0.5, 0.6) is 17.2 Å². The van der Waals surface area contributed by atoms with Crippen molar-refractivity contribution in [1.82, 2.24) is 9.55 Å². The summed E-state index contributed by atoms with van der Waals surface area (Å²) in [7, 11) is 0. The zero-order valence-electron chi connectivity index (χ0n) is 19.3. The predicted molar refractivity (Wildman–Crippen MR) is 127 cm³/mol. The van der Waals surface area contributed by atoms with Crippen molar-refractivity contribution in [2.45, 2.75) is 19.6 Å². The van der Waals surface area contributed by atoms with Gasteiger partial charge >= 0.3 is 12.1 Å². The molecule has 0 saturated heterocycles. The van der Waals surface area contributed by atoms with Gasteiger partial charge in [-0.3, -0.25) is 4.98 Å². The molecule has 10 heteroatoms. The van der Waals surface area contributed by atoms with Crippen molar-refractivity contribution in [2.75, 3.05) is 19.8 Å². The minimum atomic E-state index is -4.42. The lowest BCUT2D eigenvalue weighted by Crippen LogP contribution is -2.19. The van der Waals surface area contributed by atoms with E-state index in [0.29, 0.717) is 34.7 Å². The molecule has 0 aliphatic heterocycles. The van der Waals surface area contributed by atoms with Crippen LogP contribution in [-0.4, -0.2) is 46.6 Å². The zero-order chi connectivity index (χ0) is 25.7. The molecule has 0 fully saturated rings. The molecule has 0 unspecified atom stereocenters. The lowest BCUT2D eigenvalue weighted by Gasteiger charge is -2.12. The number of ether oxygens (including phenoxy) is 3. The number of fused-ring (bicyclic) bond motifs is 1. The number of aromatic carboxylic acids is 1. The molecular weight excluding hydrogens is 477 g/mol. The van der Waals surface area contributed by atoms with Crippen LogP contribution in [0.3, 0.4) is 0 Å². The van der Waals surface area contributed by atoms with Crippen LogP contribution in [0.15, 0.2) is 66.9 Å². The molecule has 36 heavy (non-hydrogen) atoms. The third-order valence-electron chi connectivity index (χ3n) is 5.28. The number of halogens is 3. The van der Waals surface area contributed by atoms with Crippen molar-refractivity contribution in [3.05, 3.63) is 72.6 Å². The van der Waals surface area contributed by atoms with E-state index in [1.54, 1.807) is 22.9 Å². The van der Waals surface area contributed by atoms with E-state index in [0.717, 1.165) is 5.56 Å². The fourth-order valence-corrected chi connectivity index (χ4v) is 3.79. The van der Waals surface area contributed by atoms with Crippen molar-refractivity contribution in [1.29, 1.82) is 0 Å². The number of carbonyl (C=O) groups is 1. The predicted octanol–water partition coefficient (Wildman–Crippen LogP) is 5.82. The minimum Gasteiger partial charge on any atom is -0.494 e. The van der Waals surface area contributed by atoms with Gasteiger partial charge in [0.05, 0.1) is 24.4 Å². The van der Waals surface area contributed by atoms with E-state index in [4.69, 9.17) is 9.47 Å². The second-order valence-electron chi connectivity index (χ2n) is 7.76. The molecule has 0 amide bonds. The van der Waals surface area contributed by atoms with Gasteiger partial charge in [-0.25, -0.2) is 4.79 Å². The average molecular weight is 500 g/mol. The number of alkyl halides is 3. The van der Waals surface area contributed by atoms with E-state index >= 15 is 0 Å². The van der Waals surface area contributed by atoms with Gasteiger partial charge in [0.25, 0.3) is 0 Å². The Balaban J connectivity index is 1.53. The second-order valence-corrected chi connectivity index (χ2v) is 7.76. The van der Waals surface area contributed by atoms with E-state index in [-0.39, 0.29) is 24.6 Å². The molecule has 0 spiro atoms. The summed E-state index contributed by atoms with van der Waals surface area (Å²) in [5.74, 6) is 0.0803. The summed E-state index contributed by atoms with van der Waals surface area (Å²) in [5, 5.41) is 10.5. The summed E-state index contributed by atoms with van der Waals surface area (Å²) >= 11 is 0. The highest BCUT2D eigenvalue weighted by Gasteiger charge is 2.28. The summed E-state index contributed by atoms with van der Waals surface area (Å²) in [5.41, 5.74) is 2.19. The van der Waals surface area contributed by atoms with Crippen molar-refractivity contribution in [3.63, 3.8) is 0 Å². The number of carboxylic acids is 1. The molecule has 0 bridgehead atoms. The zero-order valence-corrected chi connectivity index (χ0v) is 19.3. The first-order valence-corrected chi connectivity index (χ1v) is 11.1. The molecule has 4 rings (SSSR count). The minimum absolute atomic E-state index is 0.0673. The van der Waals surface area contributed by atoms with Crippen LogP contribution in [0.25, 0.3) is 22.2 Å². The number of nitrogens with zero attached hydrogens (tertiary/aromatic N) is 2. The highest BCUT2D eigenvalue weighted by Crippen LogP contribution is 2.31. The first kappa shape index (κ1) is 24.9. The van der Waals surface area contributed by atoms with E-state index < -0.39 is 18.8 Å². The molecule has 2 aromatic carbocycles. The quantitative estimate of drug-likeness (QED) is 0.296. The largest absolute Gasteiger partial charge is 0.494 e. The van der Waals surface area contributed by atoms with E-state index in [9.17, 15) is 23.1 Å². The Hall–Kier alpha value is -4.21. The topological polar surface area (TPSA) is 82.8 Å². The maximum Gasteiger partial charge on any atom is 0.422 e. The molecule has 0 aliphatic rings. The summed E-state index contributed by atoms with van der Waals surface area (Å²) in [4.78, 5) is 16.5. The Labute approximate surface area is 204 Å². The second kappa shape index (κ2) is 10.6. The molecule has 2 aromatic heterocycles. The molecule has 188 valence electrons. The van der Waals surface area contributed by atoms with Crippen LogP contribution < -0.4 is 14.2 Å².